The zero-order valence-corrected chi connectivity index (χ0v) is 19.6. The van der Waals surface area contributed by atoms with E-state index in [0.717, 1.165) is 35.2 Å². The summed E-state index contributed by atoms with van der Waals surface area (Å²) >= 11 is 0. The largest absolute Gasteiger partial charge is 0.457 e. The van der Waals surface area contributed by atoms with E-state index in [4.69, 9.17) is 9.72 Å². The maximum atomic E-state index is 13.4. The van der Waals surface area contributed by atoms with Crippen molar-refractivity contribution in [1.82, 2.24) is 4.98 Å². The Hall–Kier alpha value is -4.92. The van der Waals surface area contributed by atoms with Gasteiger partial charge in [-0.25, -0.2) is 9.78 Å². The van der Waals surface area contributed by atoms with Crippen molar-refractivity contribution in [2.45, 2.75) is 25.9 Å². The average Bonchev–Trinajstić information content (AvgIpc) is 2.91. The third-order valence-corrected chi connectivity index (χ3v) is 6.34. The lowest BCUT2D eigenvalue weighted by Gasteiger charge is -2.22. The highest BCUT2D eigenvalue weighted by atomic mass is 16.6. The van der Waals surface area contributed by atoms with Crippen molar-refractivity contribution < 1.29 is 19.4 Å². The molecule has 0 fully saturated rings. The quantitative estimate of drug-likeness (QED) is 0.175. The maximum absolute atomic E-state index is 13.4. The SMILES string of the molecule is O=C(OCc1ccc([N+](=O)[O-])cc1)c1c2c(nc3ccccc13)C(=Cc1ccc([N+](=O)[O-])cc1)CCC2. The van der Waals surface area contributed by atoms with Crippen molar-refractivity contribution >= 4 is 39.9 Å². The zero-order valence-electron chi connectivity index (χ0n) is 19.6. The lowest BCUT2D eigenvalue weighted by Crippen LogP contribution is -2.15. The highest BCUT2D eigenvalue weighted by Crippen LogP contribution is 2.36. The van der Waals surface area contributed by atoms with Gasteiger partial charge in [-0.05, 0) is 77.9 Å². The van der Waals surface area contributed by atoms with Gasteiger partial charge < -0.3 is 4.74 Å². The number of allylic oxidation sites excluding steroid dienone is 1. The van der Waals surface area contributed by atoms with Crippen LogP contribution >= 0.6 is 0 Å². The van der Waals surface area contributed by atoms with E-state index >= 15 is 0 Å². The fraction of sp³-hybridized carbons (Fsp3) is 0.143. The van der Waals surface area contributed by atoms with Crippen molar-refractivity contribution in [1.29, 1.82) is 0 Å². The van der Waals surface area contributed by atoms with Gasteiger partial charge in [0.1, 0.15) is 6.61 Å². The standard InChI is InChI=1S/C28H21N3O6/c32-28(37-17-19-10-14-22(15-11-19)31(35)36)26-23-5-1-2-7-25(23)29-27-20(4-3-6-24(26)27)16-18-8-12-21(13-9-18)30(33)34/h1-2,5,7-16H,3-4,6,17H2. The normalized spacial score (nSPS) is 13.8. The highest BCUT2D eigenvalue weighted by molar-refractivity contribution is 6.06. The Morgan fingerprint density at radius 1 is 0.892 bits per heavy atom. The van der Waals surface area contributed by atoms with Crippen molar-refractivity contribution in [2.75, 3.05) is 0 Å². The van der Waals surface area contributed by atoms with Gasteiger partial charge in [0.15, 0.2) is 0 Å². The minimum Gasteiger partial charge on any atom is -0.457 e. The molecule has 3 aromatic carbocycles. The van der Waals surface area contributed by atoms with Gasteiger partial charge in [-0.2, -0.15) is 0 Å². The van der Waals surface area contributed by atoms with Crippen LogP contribution in [0.4, 0.5) is 11.4 Å². The molecule has 0 unspecified atom stereocenters. The Bertz CT molecular complexity index is 1560. The molecule has 0 amide bonds. The second-order valence-electron chi connectivity index (χ2n) is 8.70. The number of nitro groups is 2. The molecular weight excluding hydrogens is 474 g/mol. The van der Waals surface area contributed by atoms with Crippen molar-refractivity contribution in [2.24, 2.45) is 0 Å². The first kappa shape index (κ1) is 23.8. The van der Waals surface area contributed by atoms with Gasteiger partial charge in [-0.3, -0.25) is 20.2 Å². The Morgan fingerprint density at radius 2 is 1.54 bits per heavy atom. The number of rotatable bonds is 6. The maximum Gasteiger partial charge on any atom is 0.339 e. The number of carbonyl (C=O) groups excluding carboxylic acids is 1. The van der Waals surface area contributed by atoms with E-state index in [2.05, 4.69) is 0 Å². The zero-order chi connectivity index (χ0) is 25.9. The first-order valence-corrected chi connectivity index (χ1v) is 11.7. The third kappa shape index (κ3) is 4.92. The Labute approximate surface area is 211 Å². The van der Waals surface area contributed by atoms with Gasteiger partial charge in [-0.1, -0.05) is 18.2 Å². The van der Waals surface area contributed by atoms with E-state index in [1.165, 1.54) is 24.3 Å². The molecule has 0 saturated carbocycles. The number of fused-ring (bicyclic) bond motifs is 2. The topological polar surface area (TPSA) is 125 Å². The summed E-state index contributed by atoms with van der Waals surface area (Å²) in [5, 5.41) is 22.6. The molecule has 0 spiro atoms. The van der Waals surface area contributed by atoms with Crippen LogP contribution in [0.5, 0.6) is 0 Å². The number of para-hydroxylation sites is 1. The predicted octanol–water partition coefficient (Wildman–Crippen LogP) is 6.29. The number of hydrogen-bond acceptors (Lipinski definition) is 7. The number of esters is 1. The number of ether oxygens (including phenoxy) is 1. The second kappa shape index (κ2) is 9.98. The van der Waals surface area contributed by atoms with E-state index in [-0.39, 0.29) is 18.0 Å². The number of aromatic nitrogens is 1. The first-order valence-electron chi connectivity index (χ1n) is 11.7. The molecule has 37 heavy (non-hydrogen) atoms. The van der Waals surface area contributed by atoms with E-state index in [0.29, 0.717) is 28.5 Å². The van der Waals surface area contributed by atoms with Crippen LogP contribution in [-0.4, -0.2) is 20.8 Å². The molecule has 9 heteroatoms. The van der Waals surface area contributed by atoms with Crippen LogP contribution in [0, 0.1) is 20.2 Å². The van der Waals surface area contributed by atoms with Crippen LogP contribution in [0.1, 0.15) is 45.6 Å². The Kier molecular flexibility index (Phi) is 6.42. The van der Waals surface area contributed by atoms with Crippen LogP contribution in [0.15, 0.2) is 72.8 Å². The minimum absolute atomic E-state index is 0.0201. The lowest BCUT2D eigenvalue weighted by molar-refractivity contribution is -0.385. The average molecular weight is 495 g/mol. The minimum atomic E-state index is -0.482. The second-order valence-corrected chi connectivity index (χ2v) is 8.70. The summed E-state index contributed by atoms with van der Waals surface area (Å²) in [5.41, 5.74) is 5.07. The van der Waals surface area contributed by atoms with Gasteiger partial charge >= 0.3 is 5.97 Å². The van der Waals surface area contributed by atoms with Gasteiger partial charge in [0.05, 0.1) is 26.6 Å². The summed E-state index contributed by atoms with van der Waals surface area (Å²) in [6.07, 6.45) is 4.18. The Morgan fingerprint density at radius 3 is 2.22 bits per heavy atom. The van der Waals surface area contributed by atoms with Crippen LogP contribution in [0.2, 0.25) is 0 Å². The third-order valence-electron chi connectivity index (χ3n) is 6.34. The molecule has 0 radical (unpaired) electrons. The molecule has 184 valence electrons. The van der Waals surface area contributed by atoms with Crippen molar-refractivity contribution in [3.8, 4) is 0 Å². The number of carbonyl (C=O) groups is 1. The van der Waals surface area contributed by atoms with Crippen molar-refractivity contribution in [3.05, 3.63) is 121 Å². The number of nitrogens with zero attached hydrogens (tertiary/aromatic N) is 3. The number of pyridine rings is 1. The summed E-state index contributed by atoms with van der Waals surface area (Å²) in [4.78, 5) is 39.2. The summed E-state index contributed by atoms with van der Waals surface area (Å²) < 4.78 is 5.66. The molecule has 1 heterocycles. The van der Waals surface area contributed by atoms with Crippen LogP contribution < -0.4 is 0 Å². The molecule has 1 aromatic heterocycles. The van der Waals surface area contributed by atoms with Gasteiger partial charge in [-0.15, -0.1) is 0 Å². The fourth-order valence-electron chi connectivity index (χ4n) is 4.54. The van der Waals surface area contributed by atoms with Crippen molar-refractivity contribution in [3.63, 3.8) is 0 Å². The molecule has 0 atom stereocenters. The molecule has 4 aromatic rings. The fourth-order valence-corrected chi connectivity index (χ4v) is 4.54. The monoisotopic (exact) mass is 495 g/mol. The van der Waals surface area contributed by atoms with Crippen LogP contribution in [0.3, 0.4) is 0 Å². The van der Waals surface area contributed by atoms with Crippen LogP contribution in [0.25, 0.3) is 22.6 Å². The lowest BCUT2D eigenvalue weighted by atomic mass is 9.86. The number of benzene rings is 3. The van der Waals surface area contributed by atoms with Gasteiger partial charge in [0.2, 0.25) is 0 Å². The predicted molar refractivity (Wildman–Crippen MR) is 138 cm³/mol. The molecule has 5 rings (SSSR count). The first-order chi connectivity index (χ1) is 17.9. The van der Waals surface area contributed by atoms with E-state index in [1.807, 2.05) is 30.3 Å². The van der Waals surface area contributed by atoms with E-state index in [1.54, 1.807) is 24.3 Å². The summed E-state index contributed by atoms with van der Waals surface area (Å²) in [5.74, 6) is -0.482. The molecule has 0 bridgehead atoms. The number of nitro benzene ring substituents is 2. The molecule has 0 saturated heterocycles. The van der Waals surface area contributed by atoms with E-state index in [9.17, 15) is 25.0 Å². The molecular formula is C28H21N3O6. The Balaban J connectivity index is 1.50. The molecule has 1 aliphatic carbocycles. The van der Waals surface area contributed by atoms with Gasteiger partial charge in [0, 0.05) is 29.7 Å². The van der Waals surface area contributed by atoms with E-state index < -0.39 is 15.8 Å². The molecule has 0 aliphatic heterocycles. The number of non-ortho nitro benzene ring substituents is 2. The van der Waals surface area contributed by atoms with Gasteiger partial charge in [0.25, 0.3) is 11.4 Å². The molecule has 1 aliphatic rings. The highest BCUT2D eigenvalue weighted by Gasteiger charge is 2.26. The van der Waals surface area contributed by atoms with Crippen LogP contribution in [-0.2, 0) is 17.8 Å². The summed E-state index contributed by atoms with van der Waals surface area (Å²) in [6, 6.07) is 19.6. The smallest absolute Gasteiger partial charge is 0.339 e. The summed E-state index contributed by atoms with van der Waals surface area (Å²) in [6.45, 7) is -0.0201. The number of hydrogen-bond donors (Lipinski definition) is 0. The molecule has 9 nitrogen and oxygen atoms in total. The summed E-state index contributed by atoms with van der Waals surface area (Å²) in [7, 11) is 0. The molecule has 0 N–H and O–H groups in total.